The second kappa shape index (κ2) is 11.3. The van der Waals surface area contributed by atoms with E-state index in [9.17, 15) is 19.2 Å². The van der Waals surface area contributed by atoms with Gasteiger partial charge in [-0.05, 0) is 31.4 Å². The number of carbonyl (C=O) groups is 2. The number of nitrogens with one attached hydrogen (secondary N) is 2. The average molecular weight is 444 g/mol. The van der Waals surface area contributed by atoms with Gasteiger partial charge in [-0.1, -0.05) is 44.9 Å². The summed E-state index contributed by atoms with van der Waals surface area (Å²) in [5.41, 5.74) is 6.55. The van der Waals surface area contributed by atoms with Crippen LogP contribution in [0.15, 0.2) is 33.9 Å². The number of nitrogens with zero attached hydrogens (tertiary/aromatic N) is 2. The Kier molecular flexibility index (Phi) is 8.80. The molecule has 1 aromatic carbocycles. The van der Waals surface area contributed by atoms with E-state index in [4.69, 9.17) is 5.73 Å². The summed E-state index contributed by atoms with van der Waals surface area (Å²) in [4.78, 5) is 53.7. The molecule has 2 amide bonds. The highest BCUT2D eigenvalue weighted by atomic mass is 16.2. The Labute approximate surface area is 187 Å². The van der Waals surface area contributed by atoms with E-state index in [0.29, 0.717) is 18.7 Å². The van der Waals surface area contributed by atoms with Crippen molar-refractivity contribution in [3.05, 3.63) is 50.7 Å². The van der Waals surface area contributed by atoms with Gasteiger partial charge in [-0.3, -0.25) is 23.9 Å². The number of hydrogen-bond donors (Lipinski definition) is 3. The maximum absolute atomic E-state index is 13.0. The normalized spacial score (nSPS) is 10.9. The number of hydrogen-bond acceptors (Lipinski definition) is 5. The van der Waals surface area contributed by atoms with Gasteiger partial charge in [0.05, 0.1) is 0 Å². The molecule has 0 aliphatic carbocycles. The van der Waals surface area contributed by atoms with E-state index >= 15 is 0 Å². The highest BCUT2D eigenvalue weighted by Gasteiger charge is 2.25. The Hall–Kier alpha value is -3.36. The van der Waals surface area contributed by atoms with Crippen molar-refractivity contribution in [2.75, 3.05) is 22.5 Å². The molecule has 0 fully saturated rings. The first-order chi connectivity index (χ1) is 15.1. The minimum atomic E-state index is -0.710. The van der Waals surface area contributed by atoms with Crippen LogP contribution in [-0.4, -0.2) is 27.9 Å². The number of benzene rings is 1. The number of nitrogens with two attached hydrogens (primary N) is 1. The maximum Gasteiger partial charge on any atom is 0.330 e. The number of carbonyl (C=O) groups excluding carboxylic acids is 2. The van der Waals surface area contributed by atoms with Gasteiger partial charge in [0, 0.05) is 31.6 Å². The van der Waals surface area contributed by atoms with E-state index in [0.717, 1.165) is 12.0 Å². The van der Waals surface area contributed by atoms with Gasteiger partial charge in [-0.25, -0.2) is 4.79 Å². The lowest BCUT2D eigenvalue weighted by Crippen LogP contribution is -2.42. The number of unbranched alkanes of at least 4 members (excludes halogenated alkanes) is 1. The third-order valence-corrected chi connectivity index (χ3v) is 4.97. The van der Waals surface area contributed by atoms with Crippen LogP contribution in [0.25, 0.3) is 0 Å². The first kappa shape index (κ1) is 24.9. The molecule has 9 heteroatoms. The fourth-order valence-corrected chi connectivity index (χ4v) is 3.28. The summed E-state index contributed by atoms with van der Waals surface area (Å²) in [6, 6.07) is 7.35. The molecule has 0 aliphatic heterocycles. The highest BCUT2D eigenvalue weighted by Crippen LogP contribution is 2.20. The van der Waals surface area contributed by atoms with E-state index in [-0.39, 0.29) is 42.7 Å². The Morgan fingerprint density at radius 3 is 2.41 bits per heavy atom. The SMILES string of the molecule is CCCCn1c(N)c(N(CC(C)C)C(=O)CCC(=O)Nc2ccc(C)cc2)c(=O)[nH]c1=O. The number of aryl methyl sites for hydroxylation is 1. The summed E-state index contributed by atoms with van der Waals surface area (Å²) >= 11 is 0. The van der Waals surface area contributed by atoms with E-state index in [1.807, 2.05) is 39.8 Å². The Morgan fingerprint density at radius 1 is 1.16 bits per heavy atom. The van der Waals surface area contributed by atoms with Gasteiger partial charge in [0.2, 0.25) is 11.8 Å². The third-order valence-electron chi connectivity index (χ3n) is 4.97. The molecule has 0 radical (unpaired) electrons. The van der Waals surface area contributed by atoms with Crippen LogP contribution in [0.1, 0.15) is 52.0 Å². The van der Waals surface area contributed by atoms with Crippen molar-refractivity contribution in [1.29, 1.82) is 0 Å². The average Bonchev–Trinajstić information content (AvgIpc) is 2.72. The summed E-state index contributed by atoms with van der Waals surface area (Å²) in [7, 11) is 0. The molecule has 9 nitrogen and oxygen atoms in total. The molecule has 0 spiro atoms. The number of amides is 2. The topological polar surface area (TPSA) is 130 Å². The minimum absolute atomic E-state index is 0.0368. The smallest absolute Gasteiger partial charge is 0.330 e. The Morgan fingerprint density at radius 2 is 1.81 bits per heavy atom. The molecule has 0 bridgehead atoms. The lowest BCUT2D eigenvalue weighted by molar-refractivity contribution is -0.122. The van der Waals surface area contributed by atoms with Crippen molar-refractivity contribution in [2.45, 2.75) is 59.9 Å². The fraction of sp³-hybridized carbons (Fsp3) is 0.478. The van der Waals surface area contributed by atoms with Crippen LogP contribution in [0.5, 0.6) is 0 Å². The summed E-state index contributed by atoms with van der Waals surface area (Å²) in [5.74, 6) is -0.711. The predicted octanol–water partition coefficient (Wildman–Crippen LogP) is 2.64. The Bertz CT molecular complexity index is 1050. The van der Waals surface area contributed by atoms with Gasteiger partial charge in [0.15, 0.2) is 5.69 Å². The monoisotopic (exact) mass is 443 g/mol. The van der Waals surface area contributed by atoms with Crippen LogP contribution in [0.4, 0.5) is 17.2 Å². The fourth-order valence-electron chi connectivity index (χ4n) is 3.28. The molecule has 174 valence electrons. The lowest BCUT2D eigenvalue weighted by atomic mass is 10.1. The molecule has 2 rings (SSSR count). The van der Waals surface area contributed by atoms with Crippen LogP contribution in [0.3, 0.4) is 0 Å². The lowest BCUT2D eigenvalue weighted by Gasteiger charge is -2.26. The summed E-state index contributed by atoms with van der Waals surface area (Å²) in [5, 5.41) is 2.76. The van der Waals surface area contributed by atoms with Crippen LogP contribution >= 0.6 is 0 Å². The van der Waals surface area contributed by atoms with E-state index in [2.05, 4.69) is 10.3 Å². The first-order valence-corrected chi connectivity index (χ1v) is 10.9. The summed E-state index contributed by atoms with van der Waals surface area (Å²) < 4.78 is 1.28. The summed E-state index contributed by atoms with van der Waals surface area (Å²) in [6.07, 6.45) is 1.39. The van der Waals surface area contributed by atoms with Crippen molar-refractivity contribution in [2.24, 2.45) is 5.92 Å². The molecular formula is C23H33N5O4. The molecule has 4 N–H and O–H groups in total. The van der Waals surface area contributed by atoms with E-state index in [1.165, 1.54) is 9.47 Å². The second-order valence-corrected chi connectivity index (χ2v) is 8.31. The number of H-pyrrole nitrogens is 1. The first-order valence-electron chi connectivity index (χ1n) is 10.9. The molecule has 0 saturated heterocycles. The highest BCUT2D eigenvalue weighted by molar-refractivity contribution is 5.99. The number of aromatic amines is 1. The summed E-state index contributed by atoms with van der Waals surface area (Å²) in [6.45, 7) is 8.31. The van der Waals surface area contributed by atoms with Crippen molar-refractivity contribution in [3.63, 3.8) is 0 Å². The molecule has 1 heterocycles. The van der Waals surface area contributed by atoms with Gasteiger partial charge in [0.25, 0.3) is 5.56 Å². The molecule has 1 aromatic heterocycles. The third kappa shape index (κ3) is 6.57. The standard InChI is InChI=1S/C23H33N5O4/c1-5-6-13-27-21(24)20(22(31)26-23(27)32)28(14-15(2)3)19(30)12-11-18(29)25-17-9-7-16(4)8-10-17/h7-10,15H,5-6,11-14,24H2,1-4H3,(H,25,29)(H,26,31,32). The van der Waals surface area contributed by atoms with Crippen molar-refractivity contribution >= 4 is 29.0 Å². The molecule has 0 atom stereocenters. The van der Waals surface area contributed by atoms with Gasteiger partial charge >= 0.3 is 5.69 Å². The largest absolute Gasteiger partial charge is 0.383 e. The van der Waals surface area contributed by atoms with Gasteiger partial charge in [-0.2, -0.15) is 0 Å². The van der Waals surface area contributed by atoms with Crippen LogP contribution in [0, 0.1) is 12.8 Å². The second-order valence-electron chi connectivity index (χ2n) is 8.31. The van der Waals surface area contributed by atoms with Crippen LogP contribution in [-0.2, 0) is 16.1 Å². The number of anilines is 3. The van der Waals surface area contributed by atoms with Crippen LogP contribution in [0.2, 0.25) is 0 Å². The number of nitrogen functional groups attached to an aromatic ring is 1. The molecule has 0 unspecified atom stereocenters. The zero-order valence-corrected chi connectivity index (χ0v) is 19.2. The molecule has 32 heavy (non-hydrogen) atoms. The van der Waals surface area contributed by atoms with Gasteiger partial charge in [0.1, 0.15) is 5.82 Å². The van der Waals surface area contributed by atoms with E-state index in [1.54, 1.807) is 12.1 Å². The zero-order chi connectivity index (χ0) is 23.8. The predicted molar refractivity (Wildman–Crippen MR) is 127 cm³/mol. The van der Waals surface area contributed by atoms with Crippen LogP contribution < -0.4 is 27.2 Å². The van der Waals surface area contributed by atoms with Gasteiger partial charge in [-0.15, -0.1) is 0 Å². The van der Waals surface area contributed by atoms with Gasteiger partial charge < -0.3 is 16.0 Å². The Balaban J connectivity index is 2.23. The molecule has 2 aromatic rings. The number of rotatable bonds is 10. The quantitative estimate of drug-likeness (QED) is 0.520. The molecular weight excluding hydrogens is 410 g/mol. The number of aromatic nitrogens is 2. The van der Waals surface area contributed by atoms with Crippen molar-refractivity contribution < 1.29 is 9.59 Å². The minimum Gasteiger partial charge on any atom is -0.383 e. The van der Waals surface area contributed by atoms with Crippen molar-refractivity contribution in [3.8, 4) is 0 Å². The molecule has 0 saturated carbocycles. The maximum atomic E-state index is 13.0. The van der Waals surface area contributed by atoms with E-state index < -0.39 is 17.2 Å². The molecule has 0 aliphatic rings. The van der Waals surface area contributed by atoms with Crippen molar-refractivity contribution in [1.82, 2.24) is 9.55 Å². The zero-order valence-electron chi connectivity index (χ0n) is 19.2.